The van der Waals surface area contributed by atoms with Crippen LogP contribution in [0.1, 0.15) is 59.8 Å². The summed E-state index contributed by atoms with van der Waals surface area (Å²) in [5.74, 6) is 0.448. The molecule has 0 amide bonds. The molecule has 0 bridgehead atoms. The second-order valence-electron chi connectivity index (χ2n) is 2.75. The fourth-order valence-corrected chi connectivity index (χ4v) is 0.873. The molecular formula is C10H22O. The van der Waals surface area contributed by atoms with E-state index >= 15 is 0 Å². The average Bonchev–Trinajstić information content (AvgIpc) is 1.97. The van der Waals surface area contributed by atoms with Gasteiger partial charge in [0.2, 0.25) is 0 Å². The van der Waals surface area contributed by atoms with Crippen molar-refractivity contribution in [3.05, 3.63) is 0 Å². The summed E-state index contributed by atoms with van der Waals surface area (Å²) < 4.78 is 0. The molecule has 11 heavy (non-hydrogen) atoms. The molecule has 0 aliphatic rings. The zero-order valence-corrected chi connectivity index (χ0v) is 7.15. The third kappa shape index (κ3) is 9.67. The van der Waals surface area contributed by atoms with Crippen LogP contribution in [0.5, 0.6) is 0 Å². The summed E-state index contributed by atoms with van der Waals surface area (Å²) >= 11 is 0. The summed E-state index contributed by atoms with van der Waals surface area (Å²) in [5.41, 5.74) is 0. The predicted molar refractivity (Wildman–Crippen MR) is 50.8 cm³/mol. The lowest BCUT2D eigenvalue weighted by Crippen LogP contribution is -1.96. The summed E-state index contributed by atoms with van der Waals surface area (Å²) in [7, 11) is 0. The third-order valence-electron chi connectivity index (χ3n) is 1.62. The topological polar surface area (TPSA) is 17.1 Å². The van der Waals surface area contributed by atoms with E-state index in [0.717, 1.165) is 38.5 Å². The first kappa shape index (κ1) is 13.3. The van der Waals surface area contributed by atoms with E-state index in [9.17, 15) is 4.79 Å². The van der Waals surface area contributed by atoms with E-state index in [1.807, 2.05) is 0 Å². The molecule has 0 unspecified atom stereocenters. The summed E-state index contributed by atoms with van der Waals surface area (Å²) in [6, 6.07) is 0. The first-order valence-corrected chi connectivity index (χ1v) is 4.33. The molecular weight excluding hydrogens is 136 g/mol. The molecule has 0 heterocycles. The van der Waals surface area contributed by atoms with Crippen molar-refractivity contribution in [1.29, 1.82) is 0 Å². The summed E-state index contributed by atoms with van der Waals surface area (Å²) in [4.78, 5) is 11.0. The van der Waals surface area contributed by atoms with E-state index in [1.54, 1.807) is 0 Å². The highest BCUT2D eigenvalue weighted by Crippen LogP contribution is 2.02. The largest absolute Gasteiger partial charge is 0.300 e. The van der Waals surface area contributed by atoms with Crippen LogP contribution >= 0.6 is 0 Å². The molecule has 1 heteroatoms. The number of hydrogen-bond donors (Lipinski definition) is 0. The lowest BCUT2D eigenvalue weighted by molar-refractivity contribution is -0.119. The fraction of sp³-hybridized carbons (Fsp3) is 0.900. The molecule has 0 aliphatic heterocycles. The van der Waals surface area contributed by atoms with Crippen LogP contribution in [0.15, 0.2) is 0 Å². The Morgan fingerprint density at radius 2 is 1.36 bits per heavy atom. The van der Waals surface area contributed by atoms with Gasteiger partial charge < -0.3 is 0 Å². The maximum absolute atomic E-state index is 11.0. The van der Waals surface area contributed by atoms with Gasteiger partial charge in [0.25, 0.3) is 0 Å². The SMILES string of the molecule is C.CCCCC(=O)CCCC. The molecule has 68 valence electrons. The standard InChI is InChI=1S/C9H18O.CH4/c1-3-5-7-9(10)8-6-4-2;/h3-8H2,1-2H3;1H4. The molecule has 0 N–H and O–H groups in total. The van der Waals surface area contributed by atoms with Gasteiger partial charge in [-0.25, -0.2) is 0 Å². The average molecular weight is 158 g/mol. The van der Waals surface area contributed by atoms with E-state index in [-0.39, 0.29) is 7.43 Å². The van der Waals surface area contributed by atoms with E-state index in [2.05, 4.69) is 13.8 Å². The Labute approximate surface area is 71.2 Å². The normalized spacial score (nSPS) is 8.91. The number of Topliss-reactive ketones (excluding diaryl/α,β-unsaturated/α-hetero) is 1. The van der Waals surface area contributed by atoms with Crippen molar-refractivity contribution in [2.24, 2.45) is 0 Å². The summed E-state index contributed by atoms with van der Waals surface area (Å²) in [6.45, 7) is 4.24. The molecule has 1 nitrogen and oxygen atoms in total. The second kappa shape index (κ2) is 9.67. The Hall–Kier alpha value is -0.330. The zero-order chi connectivity index (χ0) is 7.82. The quantitative estimate of drug-likeness (QED) is 0.577. The van der Waals surface area contributed by atoms with Crippen LogP contribution in [0.3, 0.4) is 0 Å². The van der Waals surface area contributed by atoms with Crippen LogP contribution in [-0.2, 0) is 4.79 Å². The van der Waals surface area contributed by atoms with Gasteiger partial charge in [-0.05, 0) is 12.8 Å². The highest BCUT2D eigenvalue weighted by molar-refractivity contribution is 5.78. The van der Waals surface area contributed by atoms with Crippen molar-refractivity contribution in [3.63, 3.8) is 0 Å². The molecule has 0 aromatic heterocycles. The maximum Gasteiger partial charge on any atom is 0.132 e. The smallest absolute Gasteiger partial charge is 0.132 e. The minimum absolute atomic E-state index is 0. The van der Waals surface area contributed by atoms with Crippen LogP contribution in [0.2, 0.25) is 0 Å². The van der Waals surface area contributed by atoms with E-state index < -0.39 is 0 Å². The van der Waals surface area contributed by atoms with Crippen LogP contribution in [0, 0.1) is 0 Å². The maximum atomic E-state index is 11.0. The van der Waals surface area contributed by atoms with Gasteiger partial charge in [0.1, 0.15) is 5.78 Å². The van der Waals surface area contributed by atoms with Crippen LogP contribution < -0.4 is 0 Å². The molecule has 0 aromatic rings. The summed E-state index contributed by atoms with van der Waals surface area (Å²) in [6.07, 6.45) is 6.02. The van der Waals surface area contributed by atoms with Gasteiger partial charge in [-0.1, -0.05) is 34.1 Å². The Morgan fingerprint density at radius 1 is 1.00 bits per heavy atom. The molecule has 0 aromatic carbocycles. The molecule has 0 saturated heterocycles. The number of rotatable bonds is 6. The Kier molecular flexibility index (Phi) is 11.7. The van der Waals surface area contributed by atoms with Crippen LogP contribution in [0.4, 0.5) is 0 Å². The van der Waals surface area contributed by atoms with E-state index in [0.29, 0.717) is 5.78 Å². The Bertz CT molecular complexity index is 76.9. The molecule has 0 radical (unpaired) electrons. The van der Waals surface area contributed by atoms with Gasteiger partial charge >= 0.3 is 0 Å². The van der Waals surface area contributed by atoms with Crippen molar-refractivity contribution in [2.75, 3.05) is 0 Å². The number of carbonyl (C=O) groups is 1. The second-order valence-corrected chi connectivity index (χ2v) is 2.75. The predicted octanol–water partition coefficient (Wildman–Crippen LogP) is 3.57. The van der Waals surface area contributed by atoms with Gasteiger partial charge in [0, 0.05) is 12.8 Å². The lowest BCUT2D eigenvalue weighted by atomic mass is 10.1. The van der Waals surface area contributed by atoms with Crippen molar-refractivity contribution < 1.29 is 4.79 Å². The van der Waals surface area contributed by atoms with Crippen molar-refractivity contribution in [3.8, 4) is 0 Å². The molecule has 0 rings (SSSR count). The number of unbranched alkanes of at least 4 members (excludes halogenated alkanes) is 2. The first-order valence-electron chi connectivity index (χ1n) is 4.33. The minimum Gasteiger partial charge on any atom is -0.300 e. The highest BCUT2D eigenvalue weighted by atomic mass is 16.1. The minimum atomic E-state index is 0. The highest BCUT2D eigenvalue weighted by Gasteiger charge is 1.98. The Balaban J connectivity index is 0. The number of hydrogen-bond acceptors (Lipinski definition) is 1. The first-order chi connectivity index (χ1) is 4.81. The van der Waals surface area contributed by atoms with Gasteiger partial charge in [-0.15, -0.1) is 0 Å². The Morgan fingerprint density at radius 3 is 1.64 bits per heavy atom. The third-order valence-corrected chi connectivity index (χ3v) is 1.62. The van der Waals surface area contributed by atoms with Gasteiger partial charge in [0.15, 0.2) is 0 Å². The fourth-order valence-electron chi connectivity index (χ4n) is 0.873. The van der Waals surface area contributed by atoms with Crippen molar-refractivity contribution in [1.82, 2.24) is 0 Å². The van der Waals surface area contributed by atoms with Gasteiger partial charge in [0.05, 0.1) is 0 Å². The van der Waals surface area contributed by atoms with Crippen LogP contribution in [0.25, 0.3) is 0 Å². The molecule has 0 saturated carbocycles. The number of carbonyl (C=O) groups excluding carboxylic acids is 1. The van der Waals surface area contributed by atoms with Crippen molar-refractivity contribution >= 4 is 5.78 Å². The summed E-state index contributed by atoms with van der Waals surface area (Å²) in [5, 5.41) is 0. The number of ketones is 1. The van der Waals surface area contributed by atoms with Crippen LogP contribution in [-0.4, -0.2) is 5.78 Å². The van der Waals surface area contributed by atoms with E-state index in [4.69, 9.17) is 0 Å². The lowest BCUT2D eigenvalue weighted by Gasteiger charge is -1.96. The van der Waals surface area contributed by atoms with Crippen molar-refractivity contribution in [2.45, 2.75) is 59.8 Å². The molecule has 0 fully saturated rings. The van der Waals surface area contributed by atoms with Gasteiger partial charge in [-0.2, -0.15) is 0 Å². The zero-order valence-electron chi connectivity index (χ0n) is 7.15. The molecule has 0 aliphatic carbocycles. The van der Waals surface area contributed by atoms with Gasteiger partial charge in [-0.3, -0.25) is 4.79 Å². The van der Waals surface area contributed by atoms with E-state index in [1.165, 1.54) is 0 Å². The monoisotopic (exact) mass is 158 g/mol. The molecule has 0 spiro atoms. The molecule has 0 atom stereocenters.